The van der Waals surface area contributed by atoms with Crippen molar-refractivity contribution in [3.63, 3.8) is 0 Å². The van der Waals surface area contributed by atoms with Crippen molar-refractivity contribution in [3.8, 4) is 0 Å². The molecule has 0 bridgehead atoms. The lowest BCUT2D eigenvalue weighted by atomic mass is 9.87. The molecule has 1 saturated carbocycles. The van der Waals surface area contributed by atoms with Gasteiger partial charge in [-0.15, -0.1) is 0 Å². The molecule has 3 nitrogen and oxygen atoms in total. The van der Waals surface area contributed by atoms with Crippen LogP contribution in [0.3, 0.4) is 0 Å². The van der Waals surface area contributed by atoms with E-state index in [1.165, 1.54) is 19.3 Å². The number of alkyl halides is 3. The van der Waals surface area contributed by atoms with E-state index in [2.05, 4.69) is 10.1 Å². The lowest BCUT2D eigenvalue weighted by Crippen LogP contribution is -2.30. The van der Waals surface area contributed by atoms with E-state index in [9.17, 15) is 18.0 Å². The molecule has 0 unspecified atom stereocenters. The Morgan fingerprint density at radius 2 is 1.88 bits per heavy atom. The first-order valence-corrected chi connectivity index (χ1v) is 5.95. The third-order valence-corrected chi connectivity index (χ3v) is 2.91. The summed E-state index contributed by atoms with van der Waals surface area (Å²) in [4.78, 5) is 10.9. The van der Waals surface area contributed by atoms with Gasteiger partial charge in [0.15, 0.2) is 6.61 Å². The van der Waals surface area contributed by atoms with Crippen LogP contribution in [0.15, 0.2) is 0 Å². The molecule has 1 fully saturated rings. The van der Waals surface area contributed by atoms with Crippen LogP contribution in [0.25, 0.3) is 0 Å². The molecular weight excluding hydrogens is 235 g/mol. The maximum atomic E-state index is 11.7. The van der Waals surface area contributed by atoms with Crippen LogP contribution < -0.4 is 5.32 Å². The maximum absolute atomic E-state index is 11.7. The first kappa shape index (κ1) is 14.1. The van der Waals surface area contributed by atoms with Gasteiger partial charge in [-0.3, -0.25) is 0 Å². The molecule has 6 heteroatoms. The summed E-state index contributed by atoms with van der Waals surface area (Å²) >= 11 is 0. The van der Waals surface area contributed by atoms with Gasteiger partial charge >= 0.3 is 12.3 Å². The highest BCUT2D eigenvalue weighted by Gasteiger charge is 2.29. The minimum atomic E-state index is -4.46. The fourth-order valence-electron chi connectivity index (χ4n) is 2.05. The Hall–Kier alpha value is -0.940. The second-order valence-corrected chi connectivity index (χ2v) is 4.41. The van der Waals surface area contributed by atoms with Crippen LogP contribution in [0, 0.1) is 5.92 Å². The molecule has 1 rings (SSSR count). The van der Waals surface area contributed by atoms with Crippen LogP contribution in [0.5, 0.6) is 0 Å². The van der Waals surface area contributed by atoms with Gasteiger partial charge in [-0.1, -0.05) is 32.1 Å². The summed E-state index contributed by atoms with van der Waals surface area (Å²) in [6.07, 6.45) is 1.36. The predicted octanol–water partition coefficient (Wildman–Crippen LogP) is 3.25. The third kappa shape index (κ3) is 7.07. The second-order valence-electron chi connectivity index (χ2n) is 4.41. The number of amides is 1. The smallest absolute Gasteiger partial charge is 0.422 e. The van der Waals surface area contributed by atoms with Crippen molar-refractivity contribution in [3.05, 3.63) is 0 Å². The molecule has 100 valence electrons. The summed E-state index contributed by atoms with van der Waals surface area (Å²) in [6.45, 7) is -1.14. The van der Waals surface area contributed by atoms with Gasteiger partial charge in [0.1, 0.15) is 0 Å². The number of hydrogen-bond acceptors (Lipinski definition) is 2. The Labute approximate surface area is 98.7 Å². The van der Waals surface area contributed by atoms with E-state index < -0.39 is 18.9 Å². The monoisotopic (exact) mass is 253 g/mol. The van der Waals surface area contributed by atoms with Gasteiger partial charge in [-0.25, -0.2) is 4.79 Å². The number of halogens is 3. The highest BCUT2D eigenvalue weighted by molar-refractivity contribution is 5.67. The predicted molar refractivity (Wildman–Crippen MR) is 56.6 cm³/mol. The largest absolute Gasteiger partial charge is 0.440 e. The van der Waals surface area contributed by atoms with Gasteiger partial charge in [0.05, 0.1) is 0 Å². The minimum absolute atomic E-state index is 0.390. The summed E-state index contributed by atoms with van der Waals surface area (Å²) < 4.78 is 39.2. The lowest BCUT2D eigenvalue weighted by Gasteiger charge is -2.21. The van der Waals surface area contributed by atoms with E-state index >= 15 is 0 Å². The van der Waals surface area contributed by atoms with E-state index in [-0.39, 0.29) is 0 Å². The van der Waals surface area contributed by atoms with Crippen LogP contribution in [-0.2, 0) is 4.74 Å². The Kier molecular flexibility index (Phi) is 5.58. The number of ether oxygens (including phenoxy) is 1. The van der Waals surface area contributed by atoms with Crippen molar-refractivity contribution in [2.24, 2.45) is 5.92 Å². The van der Waals surface area contributed by atoms with E-state index in [1.807, 2.05) is 0 Å². The van der Waals surface area contributed by atoms with Crippen LogP contribution in [0.2, 0.25) is 0 Å². The third-order valence-electron chi connectivity index (χ3n) is 2.91. The van der Waals surface area contributed by atoms with Gasteiger partial charge in [0.25, 0.3) is 0 Å². The molecule has 0 heterocycles. The van der Waals surface area contributed by atoms with Crippen LogP contribution in [0.4, 0.5) is 18.0 Å². The molecular formula is C11H18F3NO2. The van der Waals surface area contributed by atoms with E-state index in [0.717, 1.165) is 19.3 Å². The van der Waals surface area contributed by atoms with E-state index in [1.54, 1.807) is 0 Å². The number of carbonyl (C=O) groups is 1. The van der Waals surface area contributed by atoms with Crippen molar-refractivity contribution in [2.75, 3.05) is 13.2 Å². The average molecular weight is 253 g/mol. The summed E-state index contributed by atoms with van der Waals surface area (Å²) in [6, 6.07) is 0. The van der Waals surface area contributed by atoms with Gasteiger partial charge in [0, 0.05) is 6.54 Å². The fourth-order valence-corrected chi connectivity index (χ4v) is 2.05. The summed E-state index contributed by atoms with van der Waals surface area (Å²) in [5.41, 5.74) is 0. The summed E-state index contributed by atoms with van der Waals surface area (Å²) in [7, 11) is 0. The van der Waals surface area contributed by atoms with Gasteiger partial charge in [-0.05, 0) is 12.3 Å². The Bertz CT molecular complexity index is 237. The second kappa shape index (κ2) is 6.71. The molecule has 0 spiro atoms. The van der Waals surface area contributed by atoms with Gasteiger partial charge < -0.3 is 10.1 Å². The number of nitrogens with one attached hydrogen (secondary N) is 1. The molecule has 1 aliphatic carbocycles. The van der Waals surface area contributed by atoms with Crippen molar-refractivity contribution in [2.45, 2.75) is 44.7 Å². The molecule has 0 radical (unpaired) electrons. The zero-order valence-electron chi connectivity index (χ0n) is 9.68. The molecule has 0 aromatic rings. The Morgan fingerprint density at radius 1 is 1.24 bits per heavy atom. The Morgan fingerprint density at radius 3 is 2.47 bits per heavy atom. The SMILES string of the molecule is O=C(NCCC1CCCCC1)OCC(F)(F)F. The van der Waals surface area contributed by atoms with Gasteiger partial charge in [0.2, 0.25) is 0 Å². The van der Waals surface area contributed by atoms with Gasteiger partial charge in [-0.2, -0.15) is 13.2 Å². The minimum Gasteiger partial charge on any atom is -0.440 e. The zero-order valence-corrected chi connectivity index (χ0v) is 9.68. The Balaban J connectivity index is 2.03. The van der Waals surface area contributed by atoms with E-state index in [4.69, 9.17) is 0 Å². The molecule has 1 aliphatic rings. The first-order chi connectivity index (χ1) is 7.97. The molecule has 0 atom stereocenters. The molecule has 0 aromatic carbocycles. The summed E-state index contributed by atoms with van der Waals surface area (Å²) in [5, 5.41) is 2.34. The number of hydrogen-bond donors (Lipinski definition) is 1. The molecule has 1 N–H and O–H groups in total. The molecule has 17 heavy (non-hydrogen) atoms. The molecule has 0 aliphatic heterocycles. The van der Waals surface area contributed by atoms with Crippen molar-refractivity contribution < 1.29 is 22.7 Å². The molecule has 0 aromatic heterocycles. The van der Waals surface area contributed by atoms with Crippen molar-refractivity contribution in [1.29, 1.82) is 0 Å². The van der Waals surface area contributed by atoms with Crippen LogP contribution in [-0.4, -0.2) is 25.4 Å². The lowest BCUT2D eigenvalue weighted by molar-refractivity contribution is -0.160. The van der Waals surface area contributed by atoms with Crippen LogP contribution >= 0.6 is 0 Å². The highest BCUT2D eigenvalue weighted by Crippen LogP contribution is 2.25. The highest BCUT2D eigenvalue weighted by atomic mass is 19.4. The van der Waals surface area contributed by atoms with Crippen molar-refractivity contribution >= 4 is 6.09 Å². The average Bonchev–Trinajstić information content (AvgIpc) is 2.27. The maximum Gasteiger partial charge on any atom is 0.422 e. The van der Waals surface area contributed by atoms with E-state index in [0.29, 0.717) is 12.5 Å². The standard InChI is InChI=1S/C11H18F3NO2/c12-11(13,14)8-17-10(16)15-7-6-9-4-2-1-3-5-9/h9H,1-8H2,(H,15,16). The topological polar surface area (TPSA) is 38.3 Å². The zero-order chi connectivity index (χ0) is 12.7. The number of alkyl carbamates (subject to hydrolysis) is 1. The van der Waals surface area contributed by atoms with Crippen molar-refractivity contribution in [1.82, 2.24) is 5.32 Å². The first-order valence-electron chi connectivity index (χ1n) is 5.95. The fraction of sp³-hybridized carbons (Fsp3) is 0.909. The quantitative estimate of drug-likeness (QED) is 0.835. The number of carbonyl (C=O) groups excluding carboxylic acids is 1. The molecule has 1 amide bonds. The number of rotatable bonds is 4. The molecule has 0 saturated heterocycles. The van der Waals surface area contributed by atoms with Crippen LogP contribution in [0.1, 0.15) is 38.5 Å². The normalized spacial score (nSPS) is 17.8. The summed E-state index contributed by atoms with van der Waals surface area (Å²) in [5.74, 6) is 0.590.